The van der Waals surface area contributed by atoms with Crippen LogP contribution in [-0.4, -0.2) is 30.1 Å². The van der Waals surface area contributed by atoms with Crippen LogP contribution in [0.15, 0.2) is 25.0 Å². The second-order valence-electron chi connectivity index (χ2n) is 6.03. The van der Waals surface area contributed by atoms with Crippen LogP contribution in [0.1, 0.15) is 73.2 Å². The lowest BCUT2D eigenvalue weighted by Gasteiger charge is -1.99. The Hall–Kier alpha value is -1.92. The zero-order valence-electron chi connectivity index (χ0n) is 12.7. The number of hydrogen-bond donors (Lipinski definition) is 2. The molecular formula is C16H20N4O2. The average molecular weight is 300 g/mol. The van der Waals surface area contributed by atoms with Crippen LogP contribution in [0.25, 0.3) is 0 Å². The highest BCUT2D eigenvalue weighted by molar-refractivity contribution is 5.28. The Bertz CT molecular complexity index is 553. The van der Waals surface area contributed by atoms with E-state index in [1.165, 1.54) is 12.7 Å². The third-order valence-corrected chi connectivity index (χ3v) is 4.39. The minimum absolute atomic E-state index is 0.372. The van der Waals surface area contributed by atoms with Gasteiger partial charge in [0, 0.05) is 12.4 Å². The maximum absolute atomic E-state index is 9.46. The van der Waals surface area contributed by atoms with Crippen molar-refractivity contribution in [2.24, 2.45) is 0 Å². The molecule has 0 aliphatic heterocycles. The van der Waals surface area contributed by atoms with Crippen LogP contribution in [-0.2, 0) is 0 Å². The van der Waals surface area contributed by atoms with Gasteiger partial charge in [0.1, 0.15) is 12.7 Å². The summed E-state index contributed by atoms with van der Waals surface area (Å²) in [6.45, 7) is 4.16. The lowest BCUT2D eigenvalue weighted by molar-refractivity contribution is 0.170. The molecule has 0 saturated heterocycles. The fraction of sp³-hybridized carbons (Fsp3) is 0.500. The molecule has 0 unspecified atom stereocenters. The fourth-order valence-corrected chi connectivity index (χ4v) is 3.16. The summed E-state index contributed by atoms with van der Waals surface area (Å²) >= 11 is 0. The quantitative estimate of drug-likeness (QED) is 0.773. The van der Waals surface area contributed by atoms with Crippen LogP contribution in [0, 0.1) is 0 Å². The summed E-state index contributed by atoms with van der Waals surface area (Å²) in [5.74, 6) is 0.808. The van der Waals surface area contributed by atoms with Crippen molar-refractivity contribution in [1.82, 2.24) is 19.9 Å². The summed E-state index contributed by atoms with van der Waals surface area (Å²) in [7, 11) is 0. The van der Waals surface area contributed by atoms with E-state index in [0.717, 1.165) is 35.4 Å². The number of rotatable bonds is 0. The Morgan fingerprint density at radius 1 is 0.818 bits per heavy atom. The molecule has 0 fully saturated rings. The van der Waals surface area contributed by atoms with Gasteiger partial charge in [0.05, 0.1) is 23.6 Å². The molecule has 0 radical (unpaired) electrons. The summed E-state index contributed by atoms with van der Waals surface area (Å²) in [6, 6.07) is 0. The Kier molecular flexibility index (Phi) is 4.13. The highest BCUT2D eigenvalue weighted by Crippen LogP contribution is 2.38. The average Bonchev–Trinajstić information content (AvgIpc) is 2.99. The van der Waals surface area contributed by atoms with Crippen LogP contribution >= 0.6 is 0 Å². The van der Waals surface area contributed by atoms with Crippen molar-refractivity contribution in [1.29, 1.82) is 0 Å². The Morgan fingerprint density at radius 2 is 1.23 bits per heavy atom. The molecule has 0 saturated carbocycles. The minimum Gasteiger partial charge on any atom is -0.387 e. The summed E-state index contributed by atoms with van der Waals surface area (Å²) in [5, 5.41) is 18.9. The molecule has 6 nitrogen and oxygen atoms in total. The van der Waals surface area contributed by atoms with Gasteiger partial charge in [-0.1, -0.05) is 13.8 Å². The first kappa shape index (κ1) is 15.0. The standard InChI is InChI=1S/2C8H10N2O/c2*1-5-2-7(11)8-6(5)3-9-4-10-8/h2*3-5,7,11H,2H2,1H3/t5-,7+;5-,7-/m11/s1. The van der Waals surface area contributed by atoms with Gasteiger partial charge < -0.3 is 10.2 Å². The first-order chi connectivity index (χ1) is 10.6. The third kappa shape index (κ3) is 2.71. The maximum Gasteiger partial charge on any atom is 0.115 e. The Labute approximate surface area is 129 Å². The second-order valence-corrected chi connectivity index (χ2v) is 6.03. The molecular weight excluding hydrogens is 280 g/mol. The molecule has 2 aromatic heterocycles. The molecule has 22 heavy (non-hydrogen) atoms. The number of hydrogen-bond acceptors (Lipinski definition) is 6. The van der Waals surface area contributed by atoms with Gasteiger partial charge in [-0.2, -0.15) is 0 Å². The molecule has 6 heteroatoms. The van der Waals surface area contributed by atoms with Crippen molar-refractivity contribution in [2.45, 2.75) is 50.7 Å². The van der Waals surface area contributed by atoms with Crippen LogP contribution < -0.4 is 0 Å². The predicted octanol–water partition coefficient (Wildman–Crippen LogP) is 2.03. The molecule has 2 aromatic rings. The SMILES string of the molecule is C[C@@H]1C[C@@H](O)c2ncncc21.C[C@@H]1C[C@H](O)c2ncncc21. The van der Waals surface area contributed by atoms with E-state index in [0.29, 0.717) is 11.8 Å². The van der Waals surface area contributed by atoms with E-state index in [-0.39, 0.29) is 12.2 Å². The van der Waals surface area contributed by atoms with Crippen LogP contribution in [0.3, 0.4) is 0 Å². The van der Waals surface area contributed by atoms with E-state index >= 15 is 0 Å². The number of aliphatic hydroxyl groups is 2. The molecule has 116 valence electrons. The zero-order chi connectivity index (χ0) is 15.7. The van der Waals surface area contributed by atoms with Gasteiger partial charge in [0.2, 0.25) is 0 Å². The van der Waals surface area contributed by atoms with E-state index in [9.17, 15) is 10.2 Å². The molecule has 0 aromatic carbocycles. The third-order valence-electron chi connectivity index (χ3n) is 4.39. The largest absolute Gasteiger partial charge is 0.387 e. The van der Waals surface area contributed by atoms with Gasteiger partial charge in [0.25, 0.3) is 0 Å². The molecule has 2 heterocycles. The summed E-state index contributed by atoms with van der Waals surface area (Å²) in [5.41, 5.74) is 3.82. The smallest absolute Gasteiger partial charge is 0.115 e. The van der Waals surface area contributed by atoms with E-state index in [4.69, 9.17) is 0 Å². The molecule has 2 aliphatic carbocycles. The van der Waals surface area contributed by atoms with Gasteiger partial charge >= 0.3 is 0 Å². The maximum atomic E-state index is 9.46. The predicted molar refractivity (Wildman–Crippen MR) is 80.0 cm³/mol. The van der Waals surface area contributed by atoms with Crippen LogP contribution in [0.4, 0.5) is 0 Å². The van der Waals surface area contributed by atoms with Crippen LogP contribution in [0.2, 0.25) is 0 Å². The highest BCUT2D eigenvalue weighted by atomic mass is 16.3. The van der Waals surface area contributed by atoms with E-state index in [2.05, 4.69) is 33.8 Å². The molecule has 4 atom stereocenters. The normalized spacial score (nSPS) is 28.5. The second kappa shape index (κ2) is 6.06. The molecule has 2 aliphatic rings. The molecule has 2 N–H and O–H groups in total. The van der Waals surface area contributed by atoms with Crippen LogP contribution in [0.5, 0.6) is 0 Å². The van der Waals surface area contributed by atoms with Crippen molar-refractivity contribution in [3.05, 3.63) is 47.6 Å². The van der Waals surface area contributed by atoms with Crippen molar-refractivity contribution in [2.75, 3.05) is 0 Å². The molecule has 4 rings (SSSR count). The Balaban J connectivity index is 0.000000131. The summed E-state index contributed by atoms with van der Waals surface area (Å²) < 4.78 is 0. The van der Waals surface area contributed by atoms with Gasteiger partial charge in [0.15, 0.2) is 0 Å². The van der Waals surface area contributed by atoms with E-state index < -0.39 is 0 Å². The first-order valence-electron chi connectivity index (χ1n) is 7.53. The number of aromatic nitrogens is 4. The molecule has 0 spiro atoms. The number of fused-ring (bicyclic) bond motifs is 2. The summed E-state index contributed by atoms with van der Waals surface area (Å²) in [4.78, 5) is 15.9. The monoisotopic (exact) mass is 300 g/mol. The van der Waals surface area contributed by atoms with Crippen molar-refractivity contribution in [3.63, 3.8) is 0 Å². The first-order valence-corrected chi connectivity index (χ1v) is 7.53. The van der Waals surface area contributed by atoms with Crippen molar-refractivity contribution in [3.8, 4) is 0 Å². The molecule has 0 amide bonds. The highest BCUT2D eigenvalue weighted by Gasteiger charge is 2.28. The van der Waals surface area contributed by atoms with Gasteiger partial charge in [-0.3, -0.25) is 0 Å². The lowest BCUT2D eigenvalue weighted by Crippen LogP contribution is -1.94. The topological polar surface area (TPSA) is 92.0 Å². The van der Waals surface area contributed by atoms with Gasteiger partial charge in [-0.15, -0.1) is 0 Å². The number of nitrogens with zero attached hydrogens (tertiary/aromatic N) is 4. The zero-order valence-corrected chi connectivity index (χ0v) is 12.7. The van der Waals surface area contributed by atoms with Crippen molar-refractivity contribution >= 4 is 0 Å². The van der Waals surface area contributed by atoms with Crippen molar-refractivity contribution < 1.29 is 10.2 Å². The van der Waals surface area contributed by atoms with Gasteiger partial charge in [-0.25, -0.2) is 19.9 Å². The van der Waals surface area contributed by atoms with E-state index in [1.54, 1.807) is 12.4 Å². The number of aliphatic hydroxyl groups excluding tert-OH is 2. The molecule has 0 bridgehead atoms. The van der Waals surface area contributed by atoms with E-state index in [1.807, 2.05) is 0 Å². The lowest BCUT2D eigenvalue weighted by atomic mass is 10.1. The summed E-state index contributed by atoms with van der Waals surface area (Å²) in [6.07, 6.45) is 7.39. The Morgan fingerprint density at radius 3 is 1.59 bits per heavy atom. The van der Waals surface area contributed by atoms with Gasteiger partial charge in [-0.05, 0) is 35.8 Å². The fourth-order valence-electron chi connectivity index (χ4n) is 3.16. The minimum atomic E-state index is -0.372.